The number of nitrogens with one attached hydrogen (secondary N) is 1. The molecule has 0 aromatic heterocycles. The molecule has 426 valence electrons. The molecule has 6 fully saturated rings. The molecule has 7 rings (SSSR count). The van der Waals surface area contributed by atoms with Gasteiger partial charge in [-0.05, 0) is 98.2 Å². The molecule has 3 aliphatic heterocycles. The lowest BCUT2D eigenvalue weighted by Crippen LogP contribution is -2.65. The van der Waals surface area contributed by atoms with Crippen LogP contribution in [0.1, 0.15) is 86.5 Å². The van der Waals surface area contributed by atoms with Gasteiger partial charge in [0.25, 0.3) is 0 Å². The number of methoxy groups -OCH3 is 1. The largest absolute Gasteiger partial charge is 0.397 e. The molecule has 1 amide bonds. The molecule has 24 nitrogen and oxygen atoms in total. The summed E-state index contributed by atoms with van der Waals surface area (Å²) in [5, 5.41) is 80.3. The summed E-state index contributed by atoms with van der Waals surface area (Å²) < 4.78 is 116. The van der Waals surface area contributed by atoms with Crippen LogP contribution in [0.4, 0.5) is 0 Å². The van der Waals surface area contributed by atoms with E-state index in [0.717, 1.165) is 19.3 Å². The van der Waals surface area contributed by atoms with E-state index in [0.29, 0.717) is 19.3 Å². The molecular formula is C48H79NO23S2. The molecule has 74 heavy (non-hydrogen) atoms. The molecule has 26 heteroatoms. The van der Waals surface area contributed by atoms with Crippen LogP contribution >= 0.6 is 0 Å². The van der Waals surface area contributed by atoms with Crippen LogP contribution in [0.15, 0.2) is 23.8 Å². The molecular weight excluding hydrogens is 1020 g/mol. The van der Waals surface area contributed by atoms with Crippen LogP contribution < -0.4 is 5.32 Å². The number of aliphatic hydroxyl groups is 7. The van der Waals surface area contributed by atoms with Gasteiger partial charge in [-0.15, -0.1) is 0 Å². The number of hydrogen-bond acceptors (Lipinski definition) is 21. The van der Waals surface area contributed by atoms with Crippen molar-refractivity contribution in [3.05, 3.63) is 23.8 Å². The van der Waals surface area contributed by atoms with E-state index in [9.17, 15) is 61.9 Å². The summed E-state index contributed by atoms with van der Waals surface area (Å²) in [5.41, 5.74) is 0.449. The van der Waals surface area contributed by atoms with Gasteiger partial charge in [0.05, 0.1) is 38.1 Å². The zero-order chi connectivity index (χ0) is 54.4. The number of fused-ring (bicyclic) bond motifs is 5. The fraction of sp³-hybridized carbons (Fsp3) is 0.896. The van der Waals surface area contributed by atoms with Gasteiger partial charge in [0, 0.05) is 19.6 Å². The number of hydrogen-bond donors (Lipinski definition) is 10. The Bertz CT molecular complexity index is 2210. The minimum atomic E-state index is -4.84. The van der Waals surface area contributed by atoms with E-state index in [1.54, 1.807) is 6.92 Å². The fourth-order valence-corrected chi connectivity index (χ4v) is 14.2. The molecule has 3 heterocycles. The maximum atomic E-state index is 12.9. The molecule has 0 aromatic carbocycles. The van der Waals surface area contributed by atoms with Crippen molar-refractivity contribution in [2.75, 3.05) is 33.5 Å². The maximum absolute atomic E-state index is 12.9. The first-order valence-electron chi connectivity index (χ1n) is 25.7. The average molecular weight is 1100 g/mol. The zero-order valence-corrected chi connectivity index (χ0v) is 44.5. The summed E-state index contributed by atoms with van der Waals surface area (Å²) in [5.74, 6) is -0.943. The van der Waals surface area contributed by atoms with Gasteiger partial charge < -0.3 is 74.2 Å². The van der Waals surface area contributed by atoms with E-state index < -0.39 is 156 Å². The predicted octanol–water partition coefficient (Wildman–Crippen LogP) is -0.0823. The minimum absolute atomic E-state index is 0.0416. The molecule has 0 radical (unpaired) electrons. The summed E-state index contributed by atoms with van der Waals surface area (Å²) >= 11 is 0. The monoisotopic (exact) mass is 1100 g/mol. The van der Waals surface area contributed by atoms with Gasteiger partial charge in [-0.25, -0.2) is 8.37 Å². The van der Waals surface area contributed by atoms with Crippen LogP contribution in [0.2, 0.25) is 0 Å². The van der Waals surface area contributed by atoms with E-state index in [1.165, 1.54) is 19.6 Å². The third-order valence-corrected chi connectivity index (χ3v) is 18.7. The van der Waals surface area contributed by atoms with E-state index in [-0.39, 0.29) is 53.9 Å². The van der Waals surface area contributed by atoms with Crippen LogP contribution in [0, 0.1) is 52.3 Å². The van der Waals surface area contributed by atoms with E-state index in [1.807, 2.05) is 13.0 Å². The standard InChI is InChI=1S/C48H79NO23S2/c1-22(24(3)43(57)49-16-17-66-73(58,59)60)8-9-23(2)28-10-11-29-27-19-33(31-18-26(72-74(61,62)63)12-14-48(31,6)30(27)13-15-47(28,29)5)68-45-39(56)41(37(54)34(20-50)69-45)70-46-42(36(53)32(51)21-65-46)71-44-38(55)40(64-7)35(52)25(4)67-44/h8-9,13,22-29,31-42,44-46,50-56H,10-12,14-21H2,1-7H3,(H,49,57)(H,58,59,60)(H,61,62,63)/b9-8+/t22-,23-,24-,25-,26+,27+,28-,29+,31-,32-,33+,34-,35-,36+,37-,38-,39-,40+,41+,42-,44+,45-,46+,47-,48-/m1/s1. The molecule has 3 saturated carbocycles. The van der Waals surface area contributed by atoms with Crippen molar-refractivity contribution >= 4 is 26.7 Å². The lowest BCUT2D eigenvalue weighted by atomic mass is 9.47. The predicted molar refractivity (Wildman–Crippen MR) is 255 cm³/mol. The molecule has 4 aliphatic carbocycles. The van der Waals surface area contributed by atoms with Gasteiger partial charge in [-0.2, -0.15) is 16.8 Å². The van der Waals surface area contributed by atoms with E-state index in [2.05, 4.69) is 42.4 Å². The van der Waals surface area contributed by atoms with Crippen LogP contribution in [0.5, 0.6) is 0 Å². The van der Waals surface area contributed by atoms with Crippen LogP contribution in [-0.4, -0.2) is 199 Å². The molecule has 0 aromatic rings. The summed E-state index contributed by atoms with van der Waals surface area (Å²) in [6, 6.07) is 0. The number of amides is 1. The Labute approximate surface area is 432 Å². The third-order valence-electron chi connectivity index (χ3n) is 17.7. The van der Waals surface area contributed by atoms with Crippen LogP contribution in [0.25, 0.3) is 0 Å². The smallest absolute Gasteiger partial charge is 0.394 e. The highest BCUT2D eigenvalue weighted by Crippen LogP contribution is 2.67. The van der Waals surface area contributed by atoms with Crippen molar-refractivity contribution in [1.82, 2.24) is 5.32 Å². The second-order valence-electron chi connectivity index (χ2n) is 22.1. The SMILES string of the molecule is CO[C@@H]1[C@@H](O)[C@H](O[C@H]2[C@H](O[C@@H]3[C@@H](O)[C@H](O[C@H]4C[C@@H]5C(=CC[C@]6(C)[C@@H]([C@H](C)/C=C/[C@@H](C)[C@@H](C)C(=O)NCCOS(=O)(=O)O)CC[C@@H]56)[C@@]5(C)CC[C@H](OS(=O)(=O)O)C[C@H]45)O[C@H](CO)[C@H]3O)OC[C@@H](O)[C@@H]2O)O[C@H](C)[C@H]1O. The van der Waals surface area contributed by atoms with Crippen molar-refractivity contribution in [3.8, 4) is 0 Å². The van der Waals surface area contributed by atoms with E-state index >= 15 is 0 Å². The Morgan fingerprint density at radius 2 is 1.50 bits per heavy atom. The Morgan fingerprint density at radius 3 is 2.16 bits per heavy atom. The molecule has 0 bridgehead atoms. The summed E-state index contributed by atoms with van der Waals surface area (Å²) in [4.78, 5) is 12.9. The first-order valence-corrected chi connectivity index (χ1v) is 28.4. The first kappa shape index (κ1) is 59.8. The molecule has 25 atom stereocenters. The Balaban J connectivity index is 1.11. The van der Waals surface area contributed by atoms with Crippen molar-refractivity contribution in [3.63, 3.8) is 0 Å². The lowest BCUT2D eigenvalue weighted by Gasteiger charge is -2.59. The number of ether oxygens (including phenoxy) is 7. The number of rotatable bonds is 19. The van der Waals surface area contributed by atoms with Crippen LogP contribution in [-0.2, 0) is 67.1 Å². The fourth-order valence-electron chi connectivity index (χ4n) is 13.4. The summed E-state index contributed by atoms with van der Waals surface area (Å²) in [7, 11) is -8.19. The van der Waals surface area contributed by atoms with Crippen molar-refractivity contribution in [1.29, 1.82) is 0 Å². The molecule has 0 spiro atoms. The van der Waals surface area contributed by atoms with Gasteiger partial charge in [0.1, 0.15) is 61.0 Å². The normalized spacial score (nSPS) is 45.2. The Hall–Kier alpha value is -1.87. The highest BCUT2D eigenvalue weighted by molar-refractivity contribution is 7.81. The number of carbonyl (C=O) groups excluding carboxylic acids is 1. The highest BCUT2D eigenvalue weighted by Gasteiger charge is 2.62. The molecule has 7 aliphatic rings. The molecule has 0 unspecified atom stereocenters. The second-order valence-corrected chi connectivity index (χ2v) is 24.3. The number of carbonyl (C=O) groups is 1. The third kappa shape index (κ3) is 12.8. The zero-order valence-electron chi connectivity index (χ0n) is 42.8. The number of allylic oxidation sites excluding steroid dienone is 4. The van der Waals surface area contributed by atoms with Crippen molar-refractivity contribution in [2.24, 2.45) is 52.3 Å². The van der Waals surface area contributed by atoms with Crippen molar-refractivity contribution < 1.29 is 108 Å². The lowest BCUT2D eigenvalue weighted by molar-refractivity contribution is -0.381. The van der Waals surface area contributed by atoms with Gasteiger partial charge >= 0.3 is 20.8 Å². The van der Waals surface area contributed by atoms with Gasteiger partial charge in [-0.3, -0.25) is 13.9 Å². The van der Waals surface area contributed by atoms with Crippen molar-refractivity contribution in [2.45, 2.75) is 185 Å². The average Bonchev–Trinajstić information content (AvgIpc) is 3.69. The highest BCUT2D eigenvalue weighted by atomic mass is 32.3. The van der Waals surface area contributed by atoms with Gasteiger partial charge in [-0.1, -0.05) is 58.4 Å². The maximum Gasteiger partial charge on any atom is 0.397 e. The second kappa shape index (κ2) is 23.8. The minimum Gasteiger partial charge on any atom is -0.394 e. The molecule has 3 saturated heterocycles. The number of aliphatic hydroxyl groups excluding tert-OH is 7. The topological polar surface area (TPSA) is 363 Å². The van der Waals surface area contributed by atoms with Crippen LogP contribution in [0.3, 0.4) is 0 Å². The first-order chi connectivity index (χ1) is 34.6. The Morgan fingerprint density at radius 1 is 0.824 bits per heavy atom. The Kier molecular flexibility index (Phi) is 19.3. The quantitative estimate of drug-likeness (QED) is 0.0459. The van der Waals surface area contributed by atoms with E-state index in [4.69, 9.17) is 41.9 Å². The summed E-state index contributed by atoms with van der Waals surface area (Å²) in [6.45, 7) is 10.0. The molecule has 10 N–H and O–H groups in total. The van der Waals surface area contributed by atoms with Gasteiger partial charge in [0.15, 0.2) is 18.9 Å². The van der Waals surface area contributed by atoms with Gasteiger partial charge in [0.2, 0.25) is 5.91 Å². The summed E-state index contributed by atoms with van der Waals surface area (Å²) in [6.07, 6.45) is -12.4.